The van der Waals surface area contributed by atoms with Crippen molar-refractivity contribution in [3.63, 3.8) is 0 Å². The Morgan fingerprint density at radius 1 is 0.455 bits per heavy atom. The third-order valence-electron chi connectivity index (χ3n) is 10.4. The minimum atomic E-state index is 0.123. The summed E-state index contributed by atoms with van der Waals surface area (Å²) in [6.07, 6.45) is 21.4. The summed E-state index contributed by atoms with van der Waals surface area (Å²) in [5.74, 6) is 0.247. The van der Waals surface area contributed by atoms with Crippen molar-refractivity contribution < 1.29 is 10.2 Å². The molecule has 0 radical (unpaired) electrons. The number of phenols is 2. The number of phenolic OH excluding ortho intramolecular Hbond substituents is 2. The molecule has 2 heterocycles. The van der Waals surface area contributed by atoms with Crippen LogP contribution in [0.4, 0.5) is 0 Å². The first-order valence-corrected chi connectivity index (χ1v) is 20.6. The lowest BCUT2D eigenvalue weighted by molar-refractivity contribution is 0.454. The van der Waals surface area contributed by atoms with Crippen LogP contribution in [-0.4, -0.2) is 40.2 Å². The van der Waals surface area contributed by atoms with Crippen molar-refractivity contribution >= 4 is 0 Å². The zero-order chi connectivity index (χ0) is 38.2. The number of hydrogen-bond acceptors (Lipinski definition) is 6. The number of nitrogens with zero attached hydrogens (tertiary/aromatic N) is 6. The second-order valence-corrected chi connectivity index (χ2v) is 15.0. The van der Waals surface area contributed by atoms with Crippen molar-refractivity contribution in [1.29, 1.82) is 0 Å². The van der Waals surface area contributed by atoms with Crippen LogP contribution < -0.4 is 0 Å². The first-order valence-electron chi connectivity index (χ1n) is 20.6. The normalized spacial score (nSPS) is 11.4. The molecule has 0 aliphatic rings. The van der Waals surface area contributed by atoms with Gasteiger partial charge in [-0.05, 0) is 60.1 Å². The Bertz CT molecular complexity index is 1910. The first kappa shape index (κ1) is 39.5. The van der Waals surface area contributed by atoms with Crippen molar-refractivity contribution in [2.24, 2.45) is 0 Å². The number of rotatable bonds is 22. The molecular weight excluding hydrogens is 681 g/mol. The average Bonchev–Trinajstić information content (AvgIpc) is 3.87. The Kier molecular flexibility index (Phi) is 14.7. The smallest absolute Gasteiger partial charge is 0.146 e. The van der Waals surface area contributed by atoms with E-state index in [1.165, 1.54) is 64.2 Å². The molecule has 2 aromatic heterocycles. The van der Waals surface area contributed by atoms with Gasteiger partial charge in [0.15, 0.2) is 0 Å². The Labute approximate surface area is 327 Å². The van der Waals surface area contributed by atoms with Crippen LogP contribution in [0.2, 0.25) is 0 Å². The molecule has 0 fully saturated rings. The Morgan fingerprint density at radius 2 is 0.855 bits per heavy atom. The molecule has 0 unspecified atom stereocenters. The predicted molar refractivity (Wildman–Crippen MR) is 222 cm³/mol. The summed E-state index contributed by atoms with van der Waals surface area (Å²) in [5, 5.41) is 42.7. The molecule has 0 aliphatic carbocycles. The third kappa shape index (κ3) is 11.4. The van der Waals surface area contributed by atoms with Crippen LogP contribution in [0.3, 0.4) is 0 Å². The fraction of sp³-hybridized carbons (Fsp3) is 0.404. The maximum Gasteiger partial charge on any atom is 0.146 e. The van der Waals surface area contributed by atoms with Gasteiger partial charge in [0.25, 0.3) is 0 Å². The number of unbranched alkanes of at least 4 members (excludes halogenated alkanes) is 10. The van der Waals surface area contributed by atoms with Gasteiger partial charge in [-0.1, -0.05) is 151 Å². The number of aryl methyl sites for hydroxylation is 2. The van der Waals surface area contributed by atoms with Gasteiger partial charge in [0.2, 0.25) is 0 Å². The number of aromatic nitrogens is 6. The highest BCUT2D eigenvalue weighted by Gasteiger charge is 2.20. The van der Waals surface area contributed by atoms with Crippen LogP contribution in [0.5, 0.6) is 11.5 Å². The maximum atomic E-state index is 11.9. The minimum absolute atomic E-state index is 0.123. The Hall–Kier alpha value is -5.24. The van der Waals surface area contributed by atoms with Gasteiger partial charge in [0, 0.05) is 30.4 Å². The van der Waals surface area contributed by atoms with E-state index in [0.717, 1.165) is 70.5 Å². The van der Waals surface area contributed by atoms with Gasteiger partial charge in [-0.2, -0.15) is 20.4 Å². The maximum absolute atomic E-state index is 11.9. The van der Waals surface area contributed by atoms with Crippen molar-refractivity contribution in [2.45, 2.75) is 123 Å². The molecule has 0 spiro atoms. The lowest BCUT2D eigenvalue weighted by Crippen LogP contribution is -2.06. The van der Waals surface area contributed by atoms with E-state index in [9.17, 15) is 10.2 Å². The van der Waals surface area contributed by atoms with Gasteiger partial charge in [-0.15, -0.1) is 9.59 Å². The molecule has 8 nitrogen and oxygen atoms in total. The molecular formula is C47H58N6O2. The monoisotopic (exact) mass is 738 g/mol. The van der Waals surface area contributed by atoms with Crippen molar-refractivity contribution in [3.8, 4) is 22.9 Å². The number of benzene rings is 4. The van der Waals surface area contributed by atoms with E-state index < -0.39 is 0 Å². The van der Waals surface area contributed by atoms with Gasteiger partial charge in [0.05, 0.1) is 23.8 Å². The summed E-state index contributed by atoms with van der Waals surface area (Å²) in [5.41, 5.74) is 8.80. The summed E-state index contributed by atoms with van der Waals surface area (Å²) in [7, 11) is 0. The summed E-state index contributed by atoms with van der Waals surface area (Å²) in [6.45, 7) is 4.49. The molecule has 0 saturated heterocycles. The topological polar surface area (TPSA) is 102 Å². The third-order valence-corrected chi connectivity index (χ3v) is 10.4. The summed E-state index contributed by atoms with van der Waals surface area (Å²) in [6, 6.07) is 28.7. The van der Waals surface area contributed by atoms with Crippen LogP contribution in [-0.2, 0) is 32.1 Å². The highest BCUT2D eigenvalue weighted by molar-refractivity contribution is 5.58. The van der Waals surface area contributed by atoms with Crippen LogP contribution >= 0.6 is 0 Å². The highest BCUT2D eigenvalue weighted by Crippen LogP contribution is 2.35. The van der Waals surface area contributed by atoms with E-state index in [1.54, 1.807) is 22.0 Å². The van der Waals surface area contributed by atoms with Gasteiger partial charge >= 0.3 is 0 Å². The van der Waals surface area contributed by atoms with Crippen LogP contribution in [0, 0.1) is 0 Å². The molecule has 0 saturated carbocycles. The largest absolute Gasteiger partial charge is 0.505 e. The van der Waals surface area contributed by atoms with Crippen molar-refractivity contribution in [2.75, 3.05) is 0 Å². The fourth-order valence-electron chi connectivity index (χ4n) is 7.37. The zero-order valence-electron chi connectivity index (χ0n) is 32.8. The summed E-state index contributed by atoms with van der Waals surface area (Å²) < 4.78 is 0. The number of hydrogen-bond donors (Lipinski definition) is 2. The van der Waals surface area contributed by atoms with E-state index in [-0.39, 0.29) is 11.5 Å². The second-order valence-electron chi connectivity index (χ2n) is 15.0. The zero-order valence-corrected chi connectivity index (χ0v) is 32.8. The van der Waals surface area contributed by atoms with Crippen LogP contribution in [0.15, 0.2) is 97.3 Å². The highest BCUT2D eigenvalue weighted by atomic mass is 16.3. The SMILES string of the molecule is CCCCCCCCc1cc(Cc2cc(CCCCCCCC)cc(-n3ncc(Cc4ccccc4)n3)c2O)c(O)c(-n2ncc(Cc3ccccc3)n2)c1. The number of aromatic hydroxyl groups is 2. The molecule has 2 N–H and O–H groups in total. The fourth-order valence-corrected chi connectivity index (χ4v) is 7.37. The standard InChI is InChI=1S/C47H58N6O2/c1-3-5-7-9-11-15-25-38-27-40(46(54)44(31-38)52-48-34-42(50-52)29-36-21-17-13-18-22-36)33-41-28-39(26-16-12-10-8-6-4-2)32-45(47(41)55)53-49-35-43(51-53)30-37-23-19-14-20-24-37/h13-14,17-24,27-28,31-32,34-35,54-55H,3-12,15-16,25-26,29-30,33H2,1-2H3. The molecule has 8 heteroatoms. The Balaban J connectivity index is 1.31. The van der Waals surface area contributed by atoms with Crippen LogP contribution in [0.1, 0.15) is 136 Å². The molecule has 6 rings (SSSR count). The minimum Gasteiger partial charge on any atom is -0.505 e. The summed E-state index contributed by atoms with van der Waals surface area (Å²) >= 11 is 0. The molecule has 0 atom stereocenters. The molecule has 0 aliphatic heterocycles. The summed E-state index contributed by atoms with van der Waals surface area (Å²) in [4.78, 5) is 3.12. The quantitative estimate of drug-likeness (QED) is 0.0672. The van der Waals surface area contributed by atoms with Gasteiger partial charge in [0.1, 0.15) is 22.9 Å². The van der Waals surface area contributed by atoms with E-state index in [1.807, 2.05) is 48.5 Å². The van der Waals surface area contributed by atoms with E-state index in [2.05, 4.69) is 60.4 Å². The molecule has 0 amide bonds. The molecule has 55 heavy (non-hydrogen) atoms. The second kappa shape index (κ2) is 20.4. The van der Waals surface area contributed by atoms with Crippen molar-refractivity contribution in [1.82, 2.24) is 30.0 Å². The lowest BCUT2D eigenvalue weighted by Gasteiger charge is -2.16. The molecule has 0 bridgehead atoms. The van der Waals surface area contributed by atoms with Crippen LogP contribution in [0.25, 0.3) is 11.4 Å². The molecule has 4 aromatic carbocycles. The average molecular weight is 739 g/mol. The predicted octanol–water partition coefficient (Wildman–Crippen LogP) is 10.8. The van der Waals surface area contributed by atoms with Gasteiger partial charge in [-0.3, -0.25) is 0 Å². The van der Waals surface area contributed by atoms with E-state index in [4.69, 9.17) is 10.2 Å². The molecule has 288 valence electrons. The van der Waals surface area contributed by atoms with E-state index in [0.29, 0.717) is 30.6 Å². The first-order chi connectivity index (χ1) is 27.0. The van der Waals surface area contributed by atoms with Gasteiger partial charge < -0.3 is 10.2 Å². The molecule has 6 aromatic rings. The van der Waals surface area contributed by atoms with E-state index >= 15 is 0 Å². The van der Waals surface area contributed by atoms with Gasteiger partial charge in [-0.25, -0.2) is 0 Å². The lowest BCUT2D eigenvalue weighted by atomic mass is 9.95. The van der Waals surface area contributed by atoms with Crippen molar-refractivity contribution in [3.05, 3.63) is 142 Å². The Morgan fingerprint density at radius 3 is 1.27 bits per heavy atom.